The van der Waals surface area contributed by atoms with Crippen LogP contribution in [0.25, 0.3) is 0 Å². The largest absolute Gasteiger partial charge is 0.376 e. The zero-order chi connectivity index (χ0) is 27.5. The summed E-state index contributed by atoms with van der Waals surface area (Å²) in [5.74, 6) is -0.402. The Hall–Kier alpha value is -4.91. The van der Waals surface area contributed by atoms with E-state index in [0.29, 0.717) is 42.0 Å². The number of carbonyl (C=O) groups excluding carboxylic acids is 3. The molecule has 0 spiro atoms. The number of anilines is 4. The van der Waals surface area contributed by atoms with Crippen LogP contribution in [0, 0.1) is 0 Å². The molecule has 7 heteroatoms. The van der Waals surface area contributed by atoms with Crippen LogP contribution < -0.4 is 20.9 Å². The van der Waals surface area contributed by atoms with Gasteiger partial charge in [0.05, 0.1) is 6.54 Å². The van der Waals surface area contributed by atoms with Crippen LogP contribution in [0.3, 0.4) is 0 Å². The number of carbonyl (C=O) groups is 3. The van der Waals surface area contributed by atoms with Crippen molar-refractivity contribution in [1.29, 1.82) is 0 Å². The third kappa shape index (κ3) is 8.04. The normalized spacial score (nSPS) is 10.4. The van der Waals surface area contributed by atoms with Gasteiger partial charge >= 0.3 is 0 Å². The molecule has 0 aliphatic carbocycles. The van der Waals surface area contributed by atoms with Crippen molar-refractivity contribution in [3.8, 4) is 0 Å². The van der Waals surface area contributed by atoms with Gasteiger partial charge in [0, 0.05) is 41.3 Å². The highest BCUT2D eigenvalue weighted by atomic mass is 16.2. The number of rotatable bonds is 11. The molecule has 3 N–H and O–H groups in total. The van der Waals surface area contributed by atoms with E-state index in [2.05, 4.69) is 16.0 Å². The van der Waals surface area contributed by atoms with Crippen molar-refractivity contribution in [3.05, 3.63) is 120 Å². The first-order valence-electron chi connectivity index (χ1n) is 13.0. The second-order valence-electron chi connectivity index (χ2n) is 8.98. The van der Waals surface area contributed by atoms with Crippen molar-refractivity contribution in [2.24, 2.45) is 0 Å². The third-order valence-electron chi connectivity index (χ3n) is 6.13. The first kappa shape index (κ1) is 27.1. The molecule has 0 aromatic heterocycles. The molecule has 0 fully saturated rings. The fourth-order valence-electron chi connectivity index (χ4n) is 4.12. The lowest BCUT2D eigenvalue weighted by molar-refractivity contribution is -0.116. The molecule has 0 heterocycles. The molecule has 0 atom stereocenters. The zero-order valence-corrected chi connectivity index (χ0v) is 21.9. The maximum Gasteiger partial charge on any atom is 0.258 e. The summed E-state index contributed by atoms with van der Waals surface area (Å²) >= 11 is 0. The molecule has 0 unspecified atom stereocenters. The lowest BCUT2D eigenvalue weighted by Gasteiger charge is -2.21. The number of nitrogens with one attached hydrogen (secondary N) is 3. The van der Waals surface area contributed by atoms with E-state index in [1.165, 1.54) is 0 Å². The van der Waals surface area contributed by atoms with Gasteiger partial charge < -0.3 is 20.9 Å². The molecule has 4 aromatic carbocycles. The molecule has 0 aliphatic heterocycles. The quantitative estimate of drug-likeness (QED) is 0.227. The van der Waals surface area contributed by atoms with Crippen LogP contribution in [0.5, 0.6) is 0 Å². The average Bonchev–Trinajstić information content (AvgIpc) is 2.98. The summed E-state index contributed by atoms with van der Waals surface area (Å²) < 4.78 is 0. The van der Waals surface area contributed by atoms with Gasteiger partial charge in [-0.3, -0.25) is 14.4 Å². The number of hydrogen-bond donors (Lipinski definition) is 3. The van der Waals surface area contributed by atoms with Crippen molar-refractivity contribution in [2.45, 2.75) is 19.8 Å². The smallest absolute Gasteiger partial charge is 0.258 e. The summed E-state index contributed by atoms with van der Waals surface area (Å²) in [5, 5.41) is 8.80. The van der Waals surface area contributed by atoms with Crippen LogP contribution in [0.1, 0.15) is 29.3 Å². The Labute approximate surface area is 228 Å². The van der Waals surface area contributed by atoms with Gasteiger partial charge in [0.2, 0.25) is 11.8 Å². The molecule has 0 saturated carbocycles. The van der Waals surface area contributed by atoms with Gasteiger partial charge in [-0.2, -0.15) is 0 Å². The second-order valence-corrected chi connectivity index (χ2v) is 8.98. The first-order chi connectivity index (χ1) is 19.0. The van der Waals surface area contributed by atoms with Crippen LogP contribution in [0.4, 0.5) is 22.7 Å². The van der Waals surface area contributed by atoms with E-state index in [4.69, 9.17) is 0 Å². The number of benzene rings is 4. The minimum atomic E-state index is -0.231. The van der Waals surface area contributed by atoms with Gasteiger partial charge in [-0.25, -0.2) is 0 Å². The van der Waals surface area contributed by atoms with E-state index in [-0.39, 0.29) is 24.3 Å². The highest BCUT2D eigenvalue weighted by molar-refractivity contribution is 6.06. The van der Waals surface area contributed by atoms with Crippen molar-refractivity contribution < 1.29 is 14.4 Å². The minimum absolute atomic E-state index is 0.0335. The molecular formula is C32H32N4O3. The summed E-state index contributed by atoms with van der Waals surface area (Å²) in [5.41, 5.74) is 4.45. The predicted molar refractivity (Wildman–Crippen MR) is 157 cm³/mol. The summed E-state index contributed by atoms with van der Waals surface area (Å²) in [7, 11) is 0. The summed E-state index contributed by atoms with van der Waals surface area (Å²) in [6, 6.07) is 33.5. The second kappa shape index (κ2) is 13.6. The van der Waals surface area contributed by atoms with Crippen molar-refractivity contribution in [2.75, 3.05) is 33.9 Å². The Bertz CT molecular complexity index is 1390. The van der Waals surface area contributed by atoms with Crippen molar-refractivity contribution in [1.82, 2.24) is 0 Å². The van der Waals surface area contributed by atoms with Gasteiger partial charge in [-0.05, 0) is 73.5 Å². The van der Waals surface area contributed by atoms with E-state index in [0.717, 1.165) is 11.3 Å². The maximum absolute atomic E-state index is 13.1. The Morgan fingerprint density at radius 2 is 1.28 bits per heavy atom. The highest BCUT2D eigenvalue weighted by Crippen LogP contribution is 2.19. The molecule has 0 saturated heterocycles. The molecule has 39 heavy (non-hydrogen) atoms. The number of aryl methyl sites for hydroxylation is 1. The fourth-order valence-corrected chi connectivity index (χ4v) is 4.12. The lowest BCUT2D eigenvalue weighted by Crippen LogP contribution is -2.30. The molecular weight excluding hydrogens is 488 g/mol. The number of nitrogens with zero attached hydrogens (tertiary/aromatic N) is 1. The van der Waals surface area contributed by atoms with Crippen LogP contribution in [-0.2, 0) is 16.0 Å². The standard InChI is InChI=1S/C32H32N4O3/c1-2-36(29-14-7-4-8-15-29)32(39)25-12-9-13-28(22-25)33-23-31(38)35-27-19-17-26(18-20-27)34-30(37)21-16-24-10-5-3-6-11-24/h3-15,17-20,22,33H,2,16,21,23H2,1H3,(H,34,37)(H,35,38). The van der Waals surface area contributed by atoms with Gasteiger partial charge in [-0.15, -0.1) is 0 Å². The summed E-state index contributed by atoms with van der Waals surface area (Å²) in [6.07, 6.45) is 1.07. The molecule has 0 aliphatic rings. The fraction of sp³-hybridized carbons (Fsp3) is 0.156. The Balaban J connectivity index is 1.25. The molecule has 198 valence electrons. The van der Waals surface area contributed by atoms with Crippen LogP contribution >= 0.6 is 0 Å². The third-order valence-corrected chi connectivity index (χ3v) is 6.13. The van der Waals surface area contributed by atoms with E-state index in [1.54, 1.807) is 47.4 Å². The lowest BCUT2D eigenvalue weighted by atomic mass is 10.1. The highest BCUT2D eigenvalue weighted by Gasteiger charge is 2.16. The monoisotopic (exact) mass is 520 g/mol. The van der Waals surface area contributed by atoms with Crippen LogP contribution in [0.15, 0.2) is 109 Å². The van der Waals surface area contributed by atoms with E-state index < -0.39 is 0 Å². The van der Waals surface area contributed by atoms with Crippen molar-refractivity contribution in [3.63, 3.8) is 0 Å². The molecule has 3 amide bonds. The summed E-state index contributed by atoms with van der Waals surface area (Å²) in [4.78, 5) is 39.6. The van der Waals surface area contributed by atoms with E-state index in [9.17, 15) is 14.4 Å². The van der Waals surface area contributed by atoms with E-state index in [1.807, 2.05) is 73.7 Å². The van der Waals surface area contributed by atoms with E-state index >= 15 is 0 Å². The number of hydrogen-bond acceptors (Lipinski definition) is 4. The molecule has 4 rings (SSSR count). The average molecular weight is 521 g/mol. The van der Waals surface area contributed by atoms with Gasteiger partial charge in [-0.1, -0.05) is 54.6 Å². The first-order valence-corrected chi connectivity index (χ1v) is 13.0. The van der Waals surface area contributed by atoms with Gasteiger partial charge in [0.25, 0.3) is 5.91 Å². The SMILES string of the molecule is CCN(C(=O)c1cccc(NCC(=O)Nc2ccc(NC(=O)CCc3ccccc3)cc2)c1)c1ccccc1. The molecule has 0 radical (unpaired) electrons. The molecule has 0 bridgehead atoms. The summed E-state index contributed by atoms with van der Waals surface area (Å²) in [6.45, 7) is 2.51. The van der Waals surface area contributed by atoms with Crippen LogP contribution in [-0.4, -0.2) is 30.8 Å². The Kier molecular flexibility index (Phi) is 9.45. The van der Waals surface area contributed by atoms with Crippen molar-refractivity contribution >= 4 is 40.5 Å². The van der Waals surface area contributed by atoms with Gasteiger partial charge in [0.15, 0.2) is 0 Å². The zero-order valence-electron chi connectivity index (χ0n) is 21.9. The maximum atomic E-state index is 13.1. The van der Waals surface area contributed by atoms with Crippen LogP contribution in [0.2, 0.25) is 0 Å². The Morgan fingerprint density at radius 1 is 0.667 bits per heavy atom. The molecule has 4 aromatic rings. The predicted octanol–water partition coefficient (Wildman–Crippen LogP) is 5.98. The van der Waals surface area contributed by atoms with Gasteiger partial charge in [0.1, 0.15) is 0 Å². The molecule has 7 nitrogen and oxygen atoms in total. The Morgan fingerprint density at radius 3 is 1.92 bits per heavy atom. The minimum Gasteiger partial charge on any atom is -0.376 e. The number of para-hydroxylation sites is 1. The number of amides is 3. The topological polar surface area (TPSA) is 90.5 Å².